The van der Waals surface area contributed by atoms with Crippen LogP contribution in [-0.2, 0) is 9.53 Å². The first-order chi connectivity index (χ1) is 15.3. The van der Waals surface area contributed by atoms with E-state index in [0.29, 0.717) is 5.69 Å². The number of benzene rings is 3. The van der Waals surface area contributed by atoms with Crippen molar-refractivity contribution in [3.8, 4) is 0 Å². The average molecular weight is 438 g/mol. The minimum atomic E-state index is -1.38. The Balaban J connectivity index is 1.75. The van der Waals surface area contributed by atoms with Crippen LogP contribution in [-0.4, -0.2) is 30.9 Å². The van der Waals surface area contributed by atoms with Crippen LogP contribution in [0.4, 0.5) is 20.2 Å². The van der Waals surface area contributed by atoms with Crippen LogP contribution in [0.15, 0.2) is 72.8 Å². The fourth-order valence-corrected chi connectivity index (χ4v) is 2.92. The zero-order valence-corrected chi connectivity index (χ0v) is 17.3. The van der Waals surface area contributed by atoms with Gasteiger partial charge in [-0.05, 0) is 43.3 Å². The summed E-state index contributed by atoms with van der Waals surface area (Å²) in [6.45, 7) is 1.26. The molecule has 0 heterocycles. The molecule has 1 unspecified atom stereocenters. The number of hydrogen-bond acceptors (Lipinski definition) is 4. The van der Waals surface area contributed by atoms with Crippen molar-refractivity contribution in [2.45, 2.75) is 13.0 Å². The monoisotopic (exact) mass is 438 g/mol. The van der Waals surface area contributed by atoms with E-state index in [1.54, 1.807) is 43.4 Å². The van der Waals surface area contributed by atoms with E-state index in [9.17, 15) is 23.2 Å². The number of nitrogens with zero attached hydrogens (tertiary/aromatic N) is 1. The van der Waals surface area contributed by atoms with Crippen LogP contribution in [0.5, 0.6) is 0 Å². The highest BCUT2D eigenvalue weighted by molar-refractivity contribution is 6.12. The third kappa shape index (κ3) is 4.97. The van der Waals surface area contributed by atoms with Crippen molar-refractivity contribution in [1.29, 1.82) is 0 Å². The van der Waals surface area contributed by atoms with Gasteiger partial charge in [-0.1, -0.05) is 36.4 Å². The van der Waals surface area contributed by atoms with Crippen LogP contribution in [0.1, 0.15) is 27.6 Å². The first kappa shape index (κ1) is 22.6. The SMILES string of the molecule is CC(OC(=O)c1ccccc1C(=O)N(C)c1ccccc1)C(=O)Nc1c(F)cccc1F. The number of carbonyl (C=O) groups is 3. The van der Waals surface area contributed by atoms with Crippen molar-refractivity contribution < 1.29 is 27.9 Å². The number of esters is 1. The summed E-state index contributed by atoms with van der Waals surface area (Å²) in [6.07, 6.45) is -1.38. The molecule has 0 fully saturated rings. The normalized spacial score (nSPS) is 11.4. The van der Waals surface area contributed by atoms with Crippen molar-refractivity contribution in [2.24, 2.45) is 0 Å². The zero-order chi connectivity index (χ0) is 23.3. The molecule has 0 aliphatic rings. The van der Waals surface area contributed by atoms with Crippen molar-refractivity contribution in [3.63, 3.8) is 0 Å². The first-order valence-corrected chi connectivity index (χ1v) is 9.67. The molecule has 2 amide bonds. The van der Waals surface area contributed by atoms with E-state index in [2.05, 4.69) is 5.32 Å². The van der Waals surface area contributed by atoms with Gasteiger partial charge in [-0.15, -0.1) is 0 Å². The molecule has 3 aromatic rings. The van der Waals surface area contributed by atoms with E-state index in [-0.39, 0.29) is 11.1 Å². The van der Waals surface area contributed by atoms with Gasteiger partial charge in [-0.25, -0.2) is 13.6 Å². The summed E-state index contributed by atoms with van der Waals surface area (Å²) < 4.78 is 32.7. The van der Waals surface area contributed by atoms with Gasteiger partial charge in [0.2, 0.25) is 0 Å². The molecule has 0 aliphatic heterocycles. The molecule has 164 valence electrons. The number of ether oxygens (including phenoxy) is 1. The Hall–Kier alpha value is -4.07. The highest BCUT2D eigenvalue weighted by Gasteiger charge is 2.25. The maximum atomic E-state index is 13.8. The van der Waals surface area contributed by atoms with E-state index in [1.807, 2.05) is 6.07 Å². The average Bonchev–Trinajstić information content (AvgIpc) is 2.80. The van der Waals surface area contributed by atoms with E-state index < -0.39 is 41.2 Å². The van der Waals surface area contributed by atoms with Crippen LogP contribution in [0.2, 0.25) is 0 Å². The highest BCUT2D eigenvalue weighted by Crippen LogP contribution is 2.20. The Morgan fingerprint density at radius 2 is 1.41 bits per heavy atom. The Bertz CT molecular complexity index is 1130. The molecule has 1 N–H and O–H groups in total. The summed E-state index contributed by atoms with van der Waals surface area (Å²) in [5.74, 6) is -4.22. The minimum absolute atomic E-state index is 0.0444. The van der Waals surface area contributed by atoms with E-state index >= 15 is 0 Å². The lowest BCUT2D eigenvalue weighted by atomic mass is 10.1. The van der Waals surface area contributed by atoms with Gasteiger partial charge >= 0.3 is 5.97 Å². The van der Waals surface area contributed by atoms with Crippen molar-refractivity contribution >= 4 is 29.2 Å². The van der Waals surface area contributed by atoms with Crippen molar-refractivity contribution in [2.75, 3.05) is 17.3 Å². The van der Waals surface area contributed by atoms with E-state index in [4.69, 9.17) is 4.74 Å². The van der Waals surface area contributed by atoms with Gasteiger partial charge in [0.1, 0.15) is 17.3 Å². The maximum absolute atomic E-state index is 13.8. The molecule has 0 spiro atoms. The number of rotatable bonds is 6. The number of carbonyl (C=O) groups excluding carboxylic acids is 3. The van der Waals surface area contributed by atoms with Crippen molar-refractivity contribution in [3.05, 3.63) is 95.6 Å². The second-order valence-corrected chi connectivity index (χ2v) is 6.88. The molecule has 0 radical (unpaired) electrons. The molecule has 32 heavy (non-hydrogen) atoms. The van der Waals surface area contributed by atoms with Gasteiger partial charge in [-0.3, -0.25) is 9.59 Å². The maximum Gasteiger partial charge on any atom is 0.339 e. The lowest BCUT2D eigenvalue weighted by molar-refractivity contribution is -0.123. The molecule has 0 saturated carbocycles. The summed E-state index contributed by atoms with van der Waals surface area (Å²) in [6, 6.07) is 18.0. The van der Waals surface area contributed by atoms with Crippen LogP contribution >= 0.6 is 0 Å². The summed E-state index contributed by atoms with van der Waals surface area (Å²) in [5, 5.41) is 2.07. The largest absolute Gasteiger partial charge is 0.449 e. The summed E-state index contributed by atoms with van der Waals surface area (Å²) >= 11 is 0. The molecule has 8 heteroatoms. The van der Waals surface area contributed by atoms with Crippen LogP contribution in [0.3, 0.4) is 0 Å². The number of para-hydroxylation sites is 2. The van der Waals surface area contributed by atoms with Crippen LogP contribution in [0.25, 0.3) is 0 Å². The topological polar surface area (TPSA) is 75.7 Å². The minimum Gasteiger partial charge on any atom is -0.449 e. The van der Waals surface area contributed by atoms with Gasteiger partial charge in [-0.2, -0.15) is 0 Å². The Morgan fingerprint density at radius 3 is 2.03 bits per heavy atom. The summed E-state index contributed by atoms with van der Waals surface area (Å²) in [5.41, 5.74) is 0.0226. The molecule has 0 aromatic heterocycles. The second-order valence-electron chi connectivity index (χ2n) is 6.88. The fraction of sp³-hybridized carbons (Fsp3) is 0.125. The Morgan fingerprint density at radius 1 is 0.844 bits per heavy atom. The molecule has 3 rings (SSSR count). The molecule has 1 atom stereocenters. The quantitative estimate of drug-likeness (QED) is 0.578. The first-order valence-electron chi connectivity index (χ1n) is 9.67. The number of amides is 2. The zero-order valence-electron chi connectivity index (χ0n) is 17.3. The highest BCUT2D eigenvalue weighted by atomic mass is 19.1. The van der Waals surface area contributed by atoms with Crippen molar-refractivity contribution in [1.82, 2.24) is 0 Å². The fourth-order valence-electron chi connectivity index (χ4n) is 2.92. The van der Waals surface area contributed by atoms with Crippen LogP contribution < -0.4 is 10.2 Å². The number of anilines is 2. The van der Waals surface area contributed by atoms with E-state index in [1.165, 1.54) is 24.0 Å². The lowest BCUT2D eigenvalue weighted by Crippen LogP contribution is -2.32. The number of halogens is 2. The third-order valence-corrected chi connectivity index (χ3v) is 4.69. The summed E-state index contributed by atoms with van der Waals surface area (Å²) in [4.78, 5) is 39.3. The predicted octanol–water partition coefficient (Wildman–Crippen LogP) is 4.43. The van der Waals surface area contributed by atoms with Gasteiger partial charge < -0.3 is 15.0 Å². The molecule has 0 bridgehead atoms. The van der Waals surface area contributed by atoms with Gasteiger partial charge in [0.15, 0.2) is 6.10 Å². The molecule has 3 aromatic carbocycles. The number of hydrogen-bond donors (Lipinski definition) is 1. The van der Waals surface area contributed by atoms with Gasteiger partial charge in [0.05, 0.1) is 11.1 Å². The molecular weight excluding hydrogens is 418 g/mol. The second kappa shape index (κ2) is 9.82. The molecular formula is C24H20F2N2O4. The standard InChI is InChI=1S/C24H20F2N2O4/c1-15(22(29)27-21-19(25)13-8-14-20(21)26)32-24(31)18-12-7-6-11-17(18)23(30)28(2)16-9-4-3-5-10-16/h3-15H,1-2H3,(H,27,29). The van der Waals surface area contributed by atoms with E-state index in [0.717, 1.165) is 18.2 Å². The molecule has 0 aliphatic carbocycles. The third-order valence-electron chi connectivity index (χ3n) is 4.69. The summed E-state index contributed by atoms with van der Waals surface area (Å²) in [7, 11) is 1.57. The smallest absolute Gasteiger partial charge is 0.339 e. The van der Waals surface area contributed by atoms with Crippen LogP contribution in [0, 0.1) is 11.6 Å². The van der Waals surface area contributed by atoms with Gasteiger partial charge in [0.25, 0.3) is 11.8 Å². The molecule has 6 nitrogen and oxygen atoms in total. The van der Waals surface area contributed by atoms with Gasteiger partial charge in [0, 0.05) is 12.7 Å². The Kier molecular flexibility index (Phi) is 6.94. The predicted molar refractivity (Wildman–Crippen MR) is 115 cm³/mol. The number of nitrogens with one attached hydrogen (secondary N) is 1. The Labute approximate surface area is 183 Å². The lowest BCUT2D eigenvalue weighted by Gasteiger charge is -2.19. The molecule has 0 saturated heterocycles.